The normalized spacial score (nSPS) is 14.5. The number of carbonyl (C=O) groups excluding carboxylic acids is 3. The number of rotatable bonds is 13. The number of benzene rings is 1. The average molecular weight is 517 g/mol. The smallest absolute Gasteiger partial charge is 0.326 e. The molecule has 8 N–H and O–H groups in total. The SMILES string of the molecule is CC(C)[C@H](N)C(=O)N[C@H](Cc1ccc(O)cc1)C(=O)N[C@H](C(=O)N[C@@H](Cc1cnc[nH]1)C(=O)O)C(C)C. The van der Waals surface area contributed by atoms with Crippen LogP contribution in [0.1, 0.15) is 39.0 Å². The van der Waals surface area contributed by atoms with E-state index in [2.05, 4.69) is 25.9 Å². The maximum atomic E-state index is 13.3. The second-order valence-electron chi connectivity index (χ2n) is 9.61. The maximum absolute atomic E-state index is 13.3. The number of carboxylic acid groups (broad SMARTS) is 1. The summed E-state index contributed by atoms with van der Waals surface area (Å²) in [7, 11) is 0. The third-order valence-corrected chi connectivity index (χ3v) is 5.87. The van der Waals surface area contributed by atoms with E-state index in [1.165, 1.54) is 24.7 Å². The third-order valence-electron chi connectivity index (χ3n) is 5.87. The summed E-state index contributed by atoms with van der Waals surface area (Å²) in [6.45, 7) is 6.97. The minimum atomic E-state index is -1.25. The molecule has 2 aromatic rings. The first-order valence-electron chi connectivity index (χ1n) is 12.0. The zero-order chi connectivity index (χ0) is 27.7. The Morgan fingerprint density at radius 2 is 1.51 bits per heavy atom. The molecule has 0 radical (unpaired) electrons. The van der Waals surface area contributed by atoms with Crippen LogP contribution in [0.4, 0.5) is 0 Å². The Balaban J connectivity index is 2.20. The molecule has 1 heterocycles. The van der Waals surface area contributed by atoms with Gasteiger partial charge in [-0.1, -0.05) is 39.8 Å². The van der Waals surface area contributed by atoms with Crippen LogP contribution in [0.3, 0.4) is 0 Å². The van der Waals surface area contributed by atoms with Crippen LogP contribution in [0.15, 0.2) is 36.8 Å². The van der Waals surface area contributed by atoms with Crippen molar-refractivity contribution in [1.82, 2.24) is 25.9 Å². The third kappa shape index (κ3) is 8.90. The van der Waals surface area contributed by atoms with Crippen molar-refractivity contribution in [2.45, 2.75) is 64.7 Å². The molecule has 0 saturated carbocycles. The minimum Gasteiger partial charge on any atom is -0.508 e. The van der Waals surface area contributed by atoms with E-state index in [1.807, 2.05) is 0 Å². The van der Waals surface area contributed by atoms with Gasteiger partial charge < -0.3 is 36.9 Å². The standard InChI is InChI=1S/C25H36N6O6/c1-13(2)20(26)23(34)29-18(9-15-5-7-17(32)8-6-15)22(33)31-21(14(3)4)24(35)30-19(25(36)37)10-16-11-27-12-28-16/h5-8,11-14,18-21,32H,9-10,26H2,1-4H3,(H,27,28)(H,29,34)(H,30,35)(H,31,33)(H,36,37)/t18-,19+,20+,21+/m1/s1. The first-order chi connectivity index (χ1) is 17.4. The number of nitrogens with two attached hydrogens (primary N) is 1. The molecule has 1 aromatic heterocycles. The molecule has 0 bridgehead atoms. The van der Waals surface area contributed by atoms with Gasteiger partial charge in [-0.3, -0.25) is 14.4 Å². The number of aromatic nitrogens is 2. The predicted molar refractivity (Wildman–Crippen MR) is 135 cm³/mol. The highest BCUT2D eigenvalue weighted by Gasteiger charge is 2.32. The summed E-state index contributed by atoms with van der Waals surface area (Å²) in [6, 6.07) is 1.91. The highest BCUT2D eigenvalue weighted by molar-refractivity contribution is 5.94. The Hall–Kier alpha value is -3.93. The van der Waals surface area contributed by atoms with Crippen LogP contribution >= 0.6 is 0 Å². The van der Waals surface area contributed by atoms with Crippen molar-refractivity contribution in [1.29, 1.82) is 0 Å². The van der Waals surface area contributed by atoms with Crippen LogP contribution < -0.4 is 21.7 Å². The second kappa shape index (κ2) is 13.4. The van der Waals surface area contributed by atoms with Crippen LogP contribution in [0.5, 0.6) is 5.75 Å². The number of hydrogen-bond donors (Lipinski definition) is 7. The van der Waals surface area contributed by atoms with Crippen molar-refractivity contribution in [3.63, 3.8) is 0 Å². The van der Waals surface area contributed by atoms with Gasteiger partial charge in [0.15, 0.2) is 0 Å². The monoisotopic (exact) mass is 516 g/mol. The number of nitrogens with zero attached hydrogens (tertiary/aromatic N) is 1. The summed E-state index contributed by atoms with van der Waals surface area (Å²) in [5, 5.41) is 26.9. The van der Waals surface area contributed by atoms with Crippen LogP contribution in [0.2, 0.25) is 0 Å². The van der Waals surface area contributed by atoms with E-state index >= 15 is 0 Å². The van der Waals surface area contributed by atoms with Gasteiger partial charge >= 0.3 is 5.97 Å². The van der Waals surface area contributed by atoms with Crippen molar-refractivity contribution in [3.8, 4) is 5.75 Å². The summed E-state index contributed by atoms with van der Waals surface area (Å²) >= 11 is 0. The number of hydrogen-bond acceptors (Lipinski definition) is 7. The fourth-order valence-corrected chi connectivity index (χ4v) is 3.51. The number of carbonyl (C=O) groups is 4. The van der Waals surface area contributed by atoms with E-state index in [1.54, 1.807) is 39.8 Å². The number of aromatic amines is 1. The van der Waals surface area contributed by atoms with Crippen LogP contribution in [-0.2, 0) is 32.0 Å². The average Bonchev–Trinajstić information content (AvgIpc) is 3.35. The summed E-state index contributed by atoms with van der Waals surface area (Å²) in [5.74, 6) is -3.59. The minimum absolute atomic E-state index is 0.0214. The number of carboxylic acids is 1. The Kier molecular flexibility index (Phi) is 10.6. The zero-order valence-electron chi connectivity index (χ0n) is 21.4. The molecular formula is C25H36N6O6. The maximum Gasteiger partial charge on any atom is 0.326 e. The molecule has 37 heavy (non-hydrogen) atoms. The Labute approximate surface area is 215 Å². The number of phenolic OH excluding ortho intramolecular Hbond substituents is 1. The molecule has 0 aliphatic heterocycles. The lowest BCUT2D eigenvalue weighted by Gasteiger charge is -2.27. The van der Waals surface area contributed by atoms with Gasteiger partial charge in [0, 0.05) is 24.7 Å². The quantitative estimate of drug-likeness (QED) is 0.194. The van der Waals surface area contributed by atoms with Gasteiger partial charge in [-0.2, -0.15) is 0 Å². The van der Waals surface area contributed by atoms with Gasteiger partial charge in [-0.05, 0) is 29.5 Å². The summed E-state index contributed by atoms with van der Waals surface area (Å²) in [6.07, 6.45) is 2.92. The first kappa shape index (κ1) is 29.3. The van der Waals surface area contributed by atoms with E-state index in [0.717, 1.165) is 0 Å². The molecule has 3 amide bonds. The Bertz CT molecular complexity index is 1050. The molecule has 1 aromatic carbocycles. The van der Waals surface area contributed by atoms with Crippen molar-refractivity contribution >= 4 is 23.7 Å². The molecule has 2 rings (SSSR count). The van der Waals surface area contributed by atoms with Gasteiger partial charge in [0.2, 0.25) is 17.7 Å². The number of amides is 3. The van der Waals surface area contributed by atoms with Crippen molar-refractivity contribution in [2.24, 2.45) is 17.6 Å². The summed E-state index contributed by atoms with van der Waals surface area (Å²) in [4.78, 5) is 57.4. The van der Waals surface area contributed by atoms with Crippen molar-refractivity contribution in [3.05, 3.63) is 48.0 Å². The molecular weight excluding hydrogens is 480 g/mol. The van der Waals surface area contributed by atoms with Crippen molar-refractivity contribution in [2.75, 3.05) is 0 Å². The van der Waals surface area contributed by atoms with E-state index in [9.17, 15) is 29.4 Å². The van der Waals surface area contributed by atoms with Crippen LogP contribution in [0, 0.1) is 11.8 Å². The number of H-pyrrole nitrogens is 1. The molecule has 0 unspecified atom stereocenters. The lowest BCUT2D eigenvalue weighted by molar-refractivity contribution is -0.142. The van der Waals surface area contributed by atoms with Gasteiger partial charge in [0.05, 0.1) is 12.4 Å². The van der Waals surface area contributed by atoms with E-state index in [4.69, 9.17) is 5.73 Å². The highest BCUT2D eigenvalue weighted by Crippen LogP contribution is 2.13. The number of aliphatic carboxylic acids is 1. The first-order valence-corrected chi connectivity index (χ1v) is 12.0. The Morgan fingerprint density at radius 3 is 2.03 bits per heavy atom. The van der Waals surface area contributed by atoms with E-state index < -0.39 is 53.8 Å². The van der Waals surface area contributed by atoms with Crippen LogP contribution in [-0.4, -0.2) is 68.0 Å². The largest absolute Gasteiger partial charge is 0.508 e. The molecule has 0 spiro atoms. The number of aromatic hydroxyl groups is 1. The molecule has 0 aliphatic rings. The van der Waals surface area contributed by atoms with Gasteiger partial charge in [0.25, 0.3) is 0 Å². The zero-order valence-corrected chi connectivity index (χ0v) is 21.4. The molecule has 12 nitrogen and oxygen atoms in total. The molecule has 0 saturated heterocycles. The van der Waals surface area contributed by atoms with Crippen molar-refractivity contribution < 1.29 is 29.4 Å². The highest BCUT2D eigenvalue weighted by atomic mass is 16.4. The summed E-state index contributed by atoms with van der Waals surface area (Å²) in [5.41, 5.74) is 7.14. The van der Waals surface area contributed by atoms with Gasteiger partial charge in [-0.15, -0.1) is 0 Å². The molecule has 202 valence electrons. The molecule has 12 heteroatoms. The number of phenols is 1. The fraction of sp³-hybridized carbons (Fsp3) is 0.480. The fourth-order valence-electron chi connectivity index (χ4n) is 3.51. The van der Waals surface area contributed by atoms with E-state index in [-0.39, 0.29) is 24.5 Å². The molecule has 0 aliphatic carbocycles. The molecule has 0 fully saturated rings. The lowest BCUT2D eigenvalue weighted by Crippen LogP contribution is -2.59. The summed E-state index contributed by atoms with van der Waals surface area (Å²) < 4.78 is 0. The van der Waals surface area contributed by atoms with Crippen LogP contribution in [0.25, 0.3) is 0 Å². The molecule has 4 atom stereocenters. The number of imidazole rings is 1. The topological polar surface area (TPSA) is 200 Å². The van der Waals surface area contributed by atoms with Gasteiger partial charge in [0.1, 0.15) is 23.9 Å². The predicted octanol–water partition coefficient (Wildman–Crippen LogP) is 0.0788. The second-order valence-corrected chi connectivity index (χ2v) is 9.61. The van der Waals surface area contributed by atoms with Gasteiger partial charge in [-0.25, -0.2) is 9.78 Å². The lowest BCUT2D eigenvalue weighted by atomic mass is 9.99. The number of nitrogens with one attached hydrogen (secondary N) is 4. The Morgan fingerprint density at radius 1 is 0.892 bits per heavy atom. The van der Waals surface area contributed by atoms with E-state index in [0.29, 0.717) is 11.3 Å².